The molecule has 1 nitrogen and oxygen atoms in total. The van der Waals surface area contributed by atoms with Gasteiger partial charge in [0.15, 0.2) is 0 Å². The van der Waals surface area contributed by atoms with E-state index in [0.717, 1.165) is 0 Å². The molecule has 0 amide bonds. The fourth-order valence-electron chi connectivity index (χ4n) is 2.40. The fraction of sp³-hybridized carbons (Fsp3) is 0.786. The van der Waals surface area contributed by atoms with E-state index >= 15 is 0 Å². The van der Waals surface area contributed by atoms with Crippen molar-refractivity contribution in [2.45, 2.75) is 71.1 Å². The van der Waals surface area contributed by atoms with Crippen LogP contribution in [0, 0.1) is 0 Å². The molecule has 0 aliphatic heterocycles. The molecule has 0 saturated carbocycles. The Hall–Kier alpha value is -0.370. The molecule has 0 N–H and O–H groups in total. The van der Waals surface area contributed by atoms with Gasteiger partial charge in [-0.2, -0.15) is 4.37 Å². The number of nitrogens with zero attached hydrogens (tertiary/aromatic N) is 1. The summed E-state index contributed by atoms with van der Waals surface area (Å²) >= 11 is 1.59. The van der Waals surface area contributed by atoms with Crippen LogP contribution in [0.5, 0.6) is 0 Å². The summed E-state index contributed by atoms with van der Waals surface area (Å²) in [7, 11) is 0. The van der Waals surface area contributed by atoms with E-state index in [4.69, 9.17) is 0 Å². The van der Waals surface area contributed by atoms with Crippen molar-refractivity contribution in [3.05, 3.63) is 17.1 Å². The second kappa shape index (κ2) is 7.05. The van der Waals surface area contributed by atoms with E-state index < -0.39 is 0 Å². The average molecular weight is 239 g/mol. The number of unbranched alkanes of at least 4 members (excludes halogenated alkanes) is 3. The van der Waals surface area contributed by atoms with Crippen LogP contribution in [0.3, 0.4) is 0 Å². The Morgan fingerprint density at radius 2 is 1.94 bits per heavy atom. The molecule has 1 rings (SSSR count). The molecule has 1 heterocycles. The molecule has 92 valence electrons. The van der Waals surface area contributed by atoms with Crippen molar-refractivity contribution in [3.8, 4) is 0 Å². The summed E-state index contributed by atoms with van der Waals surface area (Å²) in [5, 5.41) is 2.11. The van der Waals surface area contributed by atoms with Gasteiger partial charge in [0.2, 0.25) is 0 Å². The number of hydrogen-bond acceptors (Lipinski definition) is 2. The standard InChI is InChI=1S/C14H25NS/c1-4-6-7-8-11-14(3,10-5-2)13-9-12-16-15-13/h9,12H,4-8,10-11H2,1-3H3. The predicted molar refractivity (Wildman–Crippen MR) is 73.1 cm³/mol. The van der Waals surface area contributed by atoms with Crippen LogP contribution in [0.1, 0.15) is 71.4 Å². The van der Waals surface area contributed by atoms with Gasteiger partial charge in [0.05, 0.1) is 5.69 Å². The smallest absolute Gasteiger partial charge is 0.0601 e. The Kier molecular flexibility index (Phi) is 6.04. The van der Waals surface area contributed by atoms with Crippen LogP contribution >= 0.6 is 11.5 Å². The summed E-state index contributed by atoms with van der Waals surface area (Å²) in [5.41, 5.74) is 1.64. The summed E-state index contributed by atoms with van der Waals surface area (Å²) in [6, 6.07) is 2.21. The Morgan fingerprint density at radius 3 is 2.50 bits per heavy atom. The van der Waals surface area contributed by atoms with Gasteiger partial charge >= 0.3 is 0 Å². The molecule has 0 radical (unpaired) electrons. The van der Waals surface area contributed by atoms with E-state index in [2.05, 4.69) is 36.6 Å². The van der Waals surface area contributed by atoms with Gasteiger partial charge < -0.3 is 0 Å². The molecular formula is C14H25NS. The van der Waals surface area contributed by atoms with Gasteiger partial charge in [-0.3, -0.25) is 0 Å². The van der Waals surface area contributed by atoms with Gasteiger partial charge in [-0.1, -0.05) is 52.9 Å². The third-order valence-corrected chi connectivity index (χ3v) is 4.00. The van der Waals surface area contributed by atoms with Crippen LogP contribution in [0.15, 0.2) is 11.4 Å². The third kappa shape index (κ3) is 3.89. The van der Waals surface area contributed by atoms with Crippen molar-refractivity contribution >= 4 is 11.5 Å². The van der Waals surface area contributed by atoms with Crippen molar-refractivity contribution in [1.82, 2.24) is 4.37 Å². The van der Waals surface area contributed by atoms with Gasteiger partial charge in [0, 0.05) is 10.8 Å². The molecule has 0 bridgehead atoms. The molecule has 0 aliphatic carbocycles. The number of hydrogen-bond donors (Lipinski definition) is 0. The van der Waals surface area contributed by atoms with Crippen molar-refractivity contribution in [1.29, 1.82) is 0 Å². The first-order chi connectivity index (χ1) is 7.73. The van der Waals surface area contributed by atoms with Crippen molar-refractivity contribution in [2.24, 2.45) is 0 Å². The van der Waals surface area contributed by atoms with Gasteiger partial charge in [0.1, 0.15) is 0 Å². The minimum Gasteiger partial charge on any atom is -0.197 e. The van der Waals surface area contributed by atoms with Crippen molar-refractivity contribution in [3.63, 3.8) is 0 Å². The lowest BCUT2D eigenvalue weighted by molar-refractivity contribution is 0.370. The van der Waals surface area contributed by atoms with Crippen molar-refractivity contribution in [2.75, 3.05) is 0 Å². The van der Waals surface area contributed by atoms with Crippen LogP contribution in [0.4, 0.5) is 0 Å². The minimum atomic E-state index is 0.322. The quantitative estimate of drug-likeness (QED) is 0.570. The Bertz CT molecular complexity index is 268. The van der Waals surface area contributed by atoms with E-state index in [1.165, 1.54) is 50.6 Å². The van der Waals surface area contributed by atoms with Crippen molar-refractivity contribution < 1.29 is 0 Å². The lowest BCUT2D eigenvalue weighted by Crippen LogP contribution is -2.22. The Labute approximate surface area is 104 Å². The SMILES string of the molecule is CCCCCCC(C)(CCC)c1ccsn1. The van der Waals surface area contributed by atoms with Crippen LogP contribution in [0.2, 0.25) is 0 Å². The molecule has 1 unspecified atom stereocenters. The first-order valence-corrected chi connectivity index (χ1v) is 7.47. The lowest BCUT2D eigenvalue weighted by atomic mass is 9.78. The topological polar surface area (TPSA) is 12.9 Å². The average Bonchev–Trinajstić information content (AvgIpc) is 2.79. The first kappa shape index (κ1) is 13.7. The van der Waals surface area contributed by atoms with Crippen LogP contribution in [0.25, 0.3) is 0 Å². The Morgan fingerprint density at radius 1 is 1.12 bits per heavy atom. The van der Waals surface area contributed by atoms with E-state index in [1.807, 2.05) is 0 Å². The van der Waals surface area contributed by atoms with Gasteiger partial charge in [-0.15, -0.1) is 0 Å². The lowest BCUT2D eigenvalue weighted by Gasteiger charge is -2.27. The molecule has 0 fully saturated rings. The Balaban J connectivity index is 2.52. The minimum absolute atomic E-state index is 0.322. The maximum atomic E-state index is 4.55. The molecule has 2 heteroatoms. The van der Waals surface area contributed by atoms with Crippen LogP contribution in [-0.4, -0.2) is 4.37 Å². The highest BCUT2D eigenvalue weighted by atomic mass is 32.1. The highest BCUT2D eigenvalue weighted by molar-refractivity contribution is 7.03. The van der Waals surface area contributed by atoms with E-state index in [9.17, 15) is 0 Å². The highest BCUT2D eigenvalue weighted by Gasteiger charge is 2.26. The monoisotopic (exact) mass is 239 g/mol. The maximum Gasteiger partial charge on any atom is 0.0601 e. The van der Waals surface area contributed by atoms with Gasteiger partial charge in [-0.05, 0) is 30.4 Å². The fourth-order valence-corrected chi connectivity index (χ4v) is 3.04. The van der Waals surface area contributed by atoms with E-state index in [0.29, 0.717) is 5.41 Å². The van der Waals surface area contributed by atoms with Gasteiger partial charge in [0.25, 0.3) is 0 Å². The van der Waals surface area contributed by atoms with E-state index in [1.54, 1.807) is 11.5 Å². The first-order valence-electron chi connectivity index (χ1n) is 6.64. The third-order valence-electron chi connectivity index (χ3n) is 3.44. The van der Waals surface area contributed by atoms with E-state index in [-0.39, 0.29) is 0 Å². The summed E-state index contributed by atoms with van der Waals surface area (Å²) in [6.45, 7) is 6.93. The number of rotatable bonds is 8. The number of aromatic nitrogens is 1. The largest absolute Gasteiger partial charge is 0.197 e. The summed E-state index contributed by atoms with van der Waals surface area (Å²) in [5.74, 6) is 0. The molecule has 0 aromatic carbocycles. The highest BCUT2D eigenvalue weighted by Crippen LogP contribution is 2.34. The second-order valence-electron chi connectivity index (χ2n) is 5.01. The second-order valence-corrected chi connectivity index (χ2v) is 5.67. The molecule has 0 aliphatic rings. The normalized spacial score (nSPS) is 14.9. The summed E-state index contributed by atoms with van der Waals surface area (Å²) in [4.78, 5) is 0. The zero-order valence-corrected chi connectivity index (χ0v) is 11.8. The zero-order valence-electron chi connectivity index (χ0n) is 11.0. The summed E-state index contributed by atoms with van der Waals surface area (Å²) < 4.78 is 4.55. The van der Waals surface area contributed by atoms with Crippen LogP contribution < -0.4 is 0 Å². The molecule has 0 saturated heterocycles. The maximum absolute atomic E-state index is 4.55. The molecular weight excluding hydrogens is 214 g/mol. The molecule has 0 spiro atoms. The van der Waals surface area contributed by atoms with Crippen LogP contribution in [-0.2, 0) is 5.41 Å². The summed E-state index contributed by atoms with van der Waals surface area (Å²) in [6.07, 6.45) is 9.23. The molecule has 1 aromatic heterocycles. The molecule has 1 atom stereocenters. The van der Waals surface area contributed by atoms with Gasteiger partial charge in [-0.25, -0.2) is 0 Å². The molecule has 16 heavy (non-hydrogen) atoms. The predicted octanol–water partition coefficient (Wildman–Crippen LogP) is 5.17. The zero-order chi connectivity index (χ0) is 11.9. The molecule has 1 aromatic rings.